The lowest BCUT2D eigenvalue weighted by molar-refractivity contribution is -0.109. The van der Waals surface area contributed by atoms with Crippen LogP contribution in [0, 0.1) is 17.7 Å². The molecule has 0 heterocycles. The number of Topliss-reactive ketones (excluding diaryl/α,β-unsaturated/α-hetero) is 1. The van der Waals surface area contributed by atoms with Crippen molar-refractivity contribution in [3.05, 3.63) is 35.1 Å². The summed E-state index contributed by atoms with van der Waals surface area (Å²) in [4.78, 5) is 21.8. The third kappa shape index (κ3) is 4.72. The number of hydrogen-bond acceptors (Lipinski definition) is 3. The van der Waals surface area contributed by atoms with Gasteiger partial charge in [0, 0.05) is 24.7 Å². The number of hydrogen-bond donors (Lipinski definition) is 0. The number of carbonyl (C=O) groups is 2. The Bertz CT molecular complexity index is 526. The summed E-state index contributed by atoms with van der Waals surface area (Å²) < 4.78 is 13.2. The van der Waals surface area contributed by atoms with Gasteiger partial charge < -0.3 is 0 Å². The third-order valence-electron chi connectivity index (χ3n) is 2.11. The second kappa shape index (κ2) is 6.97. The molecular weight excluding hydrogens is 251 g/mol. The zero-order valence-electron chi connectivity index (χ0n) is 10.2. The van der Waals surface area contributed by atoms with Crippen molar-refractivity contribution in [1.29, 1.82) is 0 Å². The van der Waals surface area contributed by atoms with Gasteiger partial charge in [0.2, 0.25) is 0 Å². The summed E-state index contributed by atoms with van der Waals surface area (Å²) in [6, 6.07) is 4.22. The van der Waals surface area contributed by atoms with Gasteiger partial charge in [0.15, 0.2) is 10.9 Å². The summed E-state index contributed by atoms with van der Waals surface area (Å²) in [6.07, 6.45) is 0.580. The van der Waals surface area contributed by atoms with Gasteiger partial charge in [-0.1, -0.05) is 23.6 Å². The van der Waals surface area contributed by atoms with Gasteiger partial charge in [-0.05, 0) is 25.1 Å². The molecule has 1 aromatic carbocycles. The van der Waals surface area contributed by atoms with Gasteiger partial charge in [-0.15, -0.1) is 0 Å². The molecule has 1 rings (SSSR count). The Hall–Kier alpha value is -1.60. The predicted octanol–water partition coefficient (Wildman–Crippen LogP) is 3.05. The monoisotopic (exact) mass is 264 g/mol. The molecule has 0 aromatic heterocycles. The Kier molecular flexibility index (Phi) is 5.60. The fraction of sp³-hybridized carbons (Fsp3) is 0.286. The summed E-state index contributed by atoms with van der Waals surface area (Å²) in [7, 11) is 0. The zero-order valence-corrected chi connectivity index (χ0v) is 11.1. The zero-order chi connectivity index (χ0) is 13.5. The lowest BCUT2D eigenvalue weighted by atomic mass is 10.1. The van der Waals surface area contributed by atoms with Crippen LogP contribution in [-0.4, -0.2) is 16.7 Å². The third-order valence-corrected chi connectivity index (χ3v) is 2.93. The van der Waals surface area contributed by atoms with Crippen molar-refractivity contribution < 1.29 is 14.0 Å². The van der Waals surface area contributed by atoms with Gasteiger partial charge >= 0.3 is 0 Å². The van der Waals surface area contributed by atoms with Crippen LogP contribution in [0.2, 0.25) is 0 Å². The van der Waals surface area contributed by atoms with Crippen LogP contribution in [-0.2, 0) is 4.79 Å². The number of ketones is 1. The van der Waals surface area contributed by atoms with Gasteiger partial charge in [0.1, 0.15) is 5.82 Å². The first-order valence-electron chi connectivity index (χ1n) is 5.43. The quantitative estimate of drug-likeness (QED) is 0.478. The van der Waals surface area contributed by atoms with E-state index in [0.29, 0.717) is 17.7 Å². The molecule has 1 aromatic rings. The van der Waals surface area contributed by atoms with Crippen LogP contribution in [0.15, 0.2) is 18.2 Å². The Morgan fingerprint density at radius 3 is 2.67 bits per heavy atom. The first-order valence-corrected chi connectivity index (χ1v) is 6.42. The van der Waals surface area contributed by atoms with E-state index < -0.39 is 5.82 Å². The van der Waals surface area contributed by atoms with Gasteiger partial charge in [-0.25, -0.2) is 4.39 Å². The molecule has 0 unspecified atom stereocenters. The topological polar surface area (TPSA) is 34.1 Å². The summed E-state index contributed by atoms with van der Waals surface area (Å²) >= 11 is 1.22. The van der Waals surface area contributed by atoms with E-state index in [0.717, 1.165) is 0 Å². The fourth-order valence-electron chi connectivity index (χ4n) is 1.28. The molecule has 0 spiro atoms. The van der Waals surface area contributed by atoms with E-state index in [2.05, 4.69) is 11.8 Å². The second-order valence-corrected chi connectivity index (χ2v) is 4.91. The number of thioether (sulfide) groups is 1. The predicted molar refractivity (Wildman–Crippen MR) is 71.0 cm³/mol. The molecule has 0 aliphatic rings. The summed E-state index contributed by atoms with van der Waals surface area (Å²) in [5.41, 5.74) is 0.661. The molecule has 18 heavy (non-hydrogen) atoms. The fourth-order valence-corrected chi connectivity index (χ4v) is 1.77. The van der Waals surface area contributed by atoms with Gasteiger partial charge in [0.25, 0.3) is 0 Å². The van der Waals surface area contributed by atoms with E-state index in [1.165, 1.54) is 43.8 Å². The molecule has 0 atom stereocenters. The van der Waals surface area contributed by atoms with Crippen molar-refractivity contribution in [3.8, 4) is 11.8 Å². The molecule has 0 N–H and O–H groups in total. The van der Waals surface area contributed by atoms with Crippen molar-refractivity contribution in [1.82, 2.24) is 0 Å². The molecule has 0 fully saturated rings. The normalized spacial score (nSPS) is 9.50. The number of halogens is 1. The van der Waals surface area contributed by atoms with Crippen LogP contribution in [0.25, 0.3) is 0 Å². The van der Waals surface area contributed by atoms with Gasteiger partial charge in [-0.3, -0.25) is 9.59 Å². The molecule has 0 aliphatic carbocycles. The molecule has 0 bridgehead atoms. The Morgan fingerprint density at radius 1 is 1.33 bits per heavy atom. The van der Waals surface area contributed by atoms with E-state index in [9.17, 15) is 14.0 Å². The molecule has 4 heteroatoms. The highest BCUT2D eigenvalue weighted by atomic mass is 32.2. The van der Waals surface area contributed by atoms with Crippen molar-refractivity contribution in [2.75, 3.05) is 5.75 Å². The molecular formula is C14H13FO2S. The van der Waals surface area contributed by atoms with Crippen molar-refractivity contribution in [2.24, 2.45) is 0 Å². The molecule has 0 saturated carbocycles. The Morgan fingerprint density at radius 2 is 2.06 bits per heavy atom. The van der Waals surface area contributed by atoms with Crippen LogP contribution in [0.1, 0.15) is 36.2 Å². The molecule has 0 radical (unpaired) electrons. The molecule has 94 valence electrons. The highest BCUT2D eigenvalue weighted by Gasteiger charge is 2.06. The standard InChI is InChI=1S/C14H13FO2S/c1-10(16)13-9-12(6-7-14(13)15)5-3-4-8-18-11(2)17/h6-7,9H,4,8H2,1-2H3. The minimum atomic E-state index is -0.528. The van der Waals surface area contributed by atoms with Crippen LogP contribution in [0.3, 0.4) is 0 Å². The lowest BCUT2D eigenvalue weighted by Gasteiger charge is -1.98. The second-order valence-electron chi connectivity index (χ2n) is 3.64. The van der Waals surface area contributed by atoms with E-state index >= 15 is 0 Å². The van der Waals surface area contributed by atoms with Gasteiger partial charge in [-0.2, -0.15) is 0 Å². The van der Waals surface area contributed by atoms with Crippen LogP contribution in [0.5, 0.6) is 0 Å². The SMILES string of the molecule is CC(=O)SCCC#Cc1ccc(F)c(C(C)=O)c1. The van der Waals surface area contributed by atoms with Crippen LogP contribution < -0.4 is 0 Å². The number of carbonyl (C=O) groups excluding carboxylic acids is 2. The van der Waals surface area contributed by atoms with Crippen molar-refractivity contribution in [3.63, 3.8) is 0 Å². The molecule has 2 nitrogen and oxygen atoms in total. The first-order chi connectivity index (χ1) is 8.50. The van der Waals surface area contributed by atoms with E-state index in [1.807, 2.05) is 0 Å². The van der Waals surface area contributed by atoms with Crippen molar-refractivity contribution in [2.45, 2.75) is 20.3 Å². The van der Waals surface area contributed by atoms with Crippen molar-refractivity contribution >= 4 is 22.7 Å². The maximum Gasteiger partial charge on any atom is 0.185 e. The molecule has 0 saturated heterocycles. The minimum absolute atomic E-state index is 0.0555. The summed E-state index contributed by atoms with van der Waals surface area (Å²) in [5, 5.41) is 0.0671. The summed E-state index contributed by atoms with van der Waals surface area (Å²) in [6.45, 7) is 2.83. The lowest BCUT2D eigenvalue weighted by Crippen LogP contribution is -1.97. The average Bonchev–Trinajstić information content (AvgIpc) is 2.30. The maximum atomic E-state index is 13.2. The summed E-state index contributed by atoms with van der Waals surface area (Å²) in [5.74, 6) is 5.53. The number of benzene rings is 1. The van der Waals surface area contributed by atoms with E-state index in [1.54, 1.807) is 0 Å². The highest BCUT2D eigenvalue weighted by Crippen LogP contribution is 2.10. The minimum Gasteiger partial charge on any atom is -0.294 e. The van der Waals surface area contributed by atoms with Crippen LogP contribution in [0.4, 0.5) is 4.39 Å². The van der Waals surface area contributed by atoms with Gasteiger partial charge in [0.05, 0.1) is 5.56 Å². The highest BCUT2D eigenvalue weighted by molar-refractivity contribution is 8.13. The van der Waals surface area contributed by atoms with E-state index in [-0.39, 0.29) is 16.5 Å². The smallest absolute Gasteiger partial charge is 0.185 e. The Labute approximate surface area is 110 Å². The molecule has 0 amide bonds. The maximum absolute atomic E-state index is 13.2. The largest absolute Gasteiger partial charge is 0.294 e. The number of rotatable bonds is 3. The van der Waals surface area contributed by atoms with Crippen LogP contribution >= 0.6 is 11.8 Å². The average molecular weight is 264 g/mol. The Balaban J connectivity index is 2.68. The molecule has 0 aliphatic heterocycles. The van der Waals surface area contributed by atoms with E-state index in [4.69, 9.17) is 0 Å². The first kappa shape index (κ1) is 14.5.